The van der Waals surface area contributed by atoms with Crippen molar-refractivity contribution in [3.63, 3.8) is 0 Å². The number of nitrogens with zero attached hydrogens (tertiary/aromatic N) is 4. The number of ketones is 1. The van der Waals surface area contributed by atoms with Gasteiger partial charge in [0.1, 0.15) is 11.6 Å². The van der Waals surface area contributed by atoms with Crippen LogP contribution in [0.5, 0.6) is 0 Å². The van der Waals surface area contributed by atoms with Crippen molar-refractivity contribution in [2.24, 2.45) is 0 Å². The summed E-state index contributed by atoms with van der Waals surface area (Å²) >= 11 is 0. The molecule has 3 aromatic carbocycles. The Kier molecular flexibility index (Phi) is 6.68. The van der Waals surface area contributed by atoms with Crippen molar-refractivity contribution in [2.75, 3.05) is 24.3 Å². The number of pyridine rings is 1. The molecule has 0 aliphatic rings. The van der Waals surface area contributed by atoms with Gasteiger partial charge in [0.15, 0.2) is 5.65 Å². The number of aryl methyl sites for hydroxylation is 1. The molecule has 6 nitrogen and oxygen atoms in total. The second-order valence-corrected chi connectivity index (χ2v) is 9.39. The lowest BCUT2D eigenvalue weighted by atomic mass is 10.0. The maximum absolute atomic E-state index is 13.1. The molecular weight excluding hydrogens is 465 g/mol. The van der Waals surface area contributed by atoms with Gasteiger partial charge >= 0.3 is 0 Å². The zero-order valence-electron chi connectivity index (χ0n) is 21.1. The summed E-state index contributed by atoms with van der Waals surface area (Å²) in [6, 6.07) is 24.2. The summed E-state index contributed by atoms with van der Waals surface area (Å²) < 4.78 is 14.8. The fourth-order valence-electron chi connectivity index (χ4n) is 4.23. The Morgan fingerprint density at radius 2 is 1.54 bits per heavy atom. The summed E-state index contributed by atoms with van der Waals surface area (Å²) in [5.41, 5.74) is 7.75. The first-order valence-electron chi connectivity index (χ1n) is 12.1. The van der Waals surface area contributed by atoms with E-state index in [0.717, 1.165) is 44.8 Å². The molecule has 2 aromatic heterocycles. The van der Waals surface area contributed by atoms with E-state index in [2.05, 4.69) is 39.4 Å². The first-order valence-corrected chi connectivity index (χ1v) is 12.1. The first-order chi connectivity index (χ1) is 17.8. The second kappa shape index (κ2) is 10.2. The number of carbonyl (C=O) groups is 1. The molecule has 0 amide bonds. The summed E-state index contributed by atoms with van der Waals surface area (Å²) in [7, 11) is 4.04. The number of carbonyl (C=O) groups excluding carboxylic acids is 1. The van der Waals surface area contributed by atoms with Crippen LogP contribution in [0.3, 0.4) is 0 Å². The molecule has 37 heavy (non-hydrogen) atoms. The molecule has 0 saturated carbocycles. The Morgan fingerprint density at radius 1 is 0.892 bits per heavy atom. The van der Waals surface area contributed by atoms with Gasteiger partial charge in [-0.2, -0.15) is 4.98 Å². The summed E-state index contributed by atoms with van der Waals surface area (Å²) in [6.45, 7) is 2.06. The lowest BCUT2D eigenvalue weighted by molar-refractivity contribution is -0.117. The molecular formula is C30H28FN5O. The van der Waals surface area contributed by atoms with E-state index in [-0.39, 0.29) is 11.6 Å². The molecule has 5 rings (SSSR count). The number of hydrogen-bond donors (Lipinski definition) is 1. The summed E-state index contributed by atoms with van der Waals surface area (Å²) in [6.07, 6.45) is 2.58. The molecule has 1 N–H and O–H groups in total. The molecule has 2 heterocycles. The van der Waals surface area contributed by atoms with Gasteiger partial charge in [-0.15, -0.1) is 5.10 Å². The molecule has 0 radical (unpaired) electrons. The highest BCUT2D eigenvalue weighted by Gasteiger charge is 2.10. The number of anilines is 3. The Labute approximate surface area is 215 Å². The van der Waals surface area contributed by atoms with Crippen LogP contribution in [0.4, 0.5) is 21.7 Å². The molecule has 0 atom stereocenters. The molecule has 7 heteroatoms. The van der Waals surface area contributed by atoms with E-state index in [4.69, 9.17) is 0 Å². The van der Waals surface area contributed by atoms with Gasteiger partial charge in [-0.1, -0.05) is 36.4 Å². The van der Waals surface area contributed by atoms with Crippen LogP contribution in [0.15, 0.2) is 85.1 Å². The minimum Gasteiger partial charge on any atom is -0.378 e. The molecule has 0 spiro atoms. The molecule has 0 unspecified atom stereocenters. The SMILES string of the molecule is Cc1cc(N(C)C)ccc1Nc1nc2ccc(-c3ccc(CC(=O)Cc4ccc(F)cc4)cc3)cn2n1. The van der Waals surface area contributed by atoms with Crippen molar-refractivity contribution < 1.29 is 9.18 Å². The maximum atomic E-state index is 13.1. The van der Waals surface area contributed by atoms with Crippen LogP contribution in [0.1, 0.15) is 16.7 Å². The topological polar surface area (TPSA) is 62.5 Å². The largest absolute Gasteiger partial charge is 0.378 e. The minimum absolute atomic E-state index is 0.0926. The second-order valence-electron chi connectivity index (χ2n) is 9.39. The van der Waals surface area contributed by atoms with Crippen LogP contribution < -0.4 is 10.2 Å². The summed E-state index contributed by atoms with van der Waals surface area (Å²) in [5.74, 6) is 0.330. The lowest BCUT2D eigenvalue weighted by Gasteiger charge is -2.15. The van der Waals surface area contributed by atoms with Crippen molar-refractivity contribution in [3.8, 4) is 11.1 Å². The average Bonchev–Trinajstić information content (AvgIpc) is 3.28. The third-order valence-electron chi connectivity index (χ3n) is 6.31. The highest BCUT2D eigenvalue weighted by molar-refractivity contribution is 5.83. The van der Waals surface area contributed by atoms with Crippen molar-refractivity contribution in [1.29, 1.82) is 0 Å². The molecule has 0 bridgehead atoms. The van der Waals surface area contributed by atoms with Crippen molar-refractivity contribution >= 4 is 28.8 Å². The average molecular weight is 494 g/mol. The Bertz CT molecular complexity index is 1560. The predicted molar refractivity (Wildman–Crippen MR) is 146 cm³/mol. The van der Waals surface area contributed by atoms with Gasteiger partial charge in [-0.05, 0) is 71.6 Å². The Hall–Kier alpha value is -4.52. The number of fused-ring (bicyclic) bond motifs is 1. The van der Waals surface area contributed by atoms with Gasteiger partial charge < -0.3 is 10.2 Å². The molecule has 0 aliphatic heterocycles. The monoisotopic (exact) mass is 493 g/mol. The van der Waals surface area contributed by atoms with Crippen LogP contribution in [0, 0.1) is 12.7 Å². The van der Waals surface area contributed by atoms with Crippen LogP contribution in [0.2, 0.25) is 0 Å². The predicted octanol–water partition coefficient (Wildman–Crippen LogP) is 6.01. The Morgan fingerprint density at radius 3 is 2.19 bits per heavy atom. The van der Waals surface area contributed by atoms with Gasteiger partial charge in [0.2, 0.25) is 5.95 Å². The number of aromatic nitrogens is 3. The Balaban J connectivity index is 1.27. The highest BCUT2D eigenvalue weighted by Crippen LogP contribution is 2.25. The number of nitrogens with one attached hydrogen (secondary N) is 1. The third-order valence-corrected chi connectivity index (χ3v) is 6.31. The highest BCUT2D eigenvalue weighted by atomic mass is 19.1. The number of hydrogen-bond acceptors (Lipinski definition) is 5. The van der Waals surface area contributed by atoms with E-state index >= 15 is 0 Å². The van der Waals surface area contributed by atoms with Crippen molar-refractivity contribution in [3.05, 3.63) is 108 Å². The standard InChI is InChI=1S/C30H28FN5O/c1-20-16-26(35(2)3)13-14-28(20)32-30-33-29-15-10-24(19-36(29)34-30)23-8-4-21(5-9-23)17-27(37)18-22-6-11-25(31)12-7-22/h4-16,19H,17-18H2,1-3H3,(H,32,34). The summed E-state index contributed by atoms with van der Waals surface area (Å²) in [5, 5.41) is 7.93. The summed E-state index contributed by atoms with van der Waals surface area (Å²) in [4.78, 5) is 19.1. The molecule has 186 valence electrons. The van der Waals surface area contributed by atoms with Gasteiger partial charge in [-0.3, -0.25) is 4.79 Å². The van der Waals surface area contributed by atoms with E-state index in [0.29, 0.717) is 18.8 Å². The maximum Gasteiger partial charge on any atom is 0.247 e. The van der Waals surface area contributed by atoms with E-state index < -0.39 is 0 Å². The van der Waals surface area contributed by atoms with Crippen LogP contribution in [0.25, 0.3) is 16.8 Å². The zero-order valence-corrected chi connectivity index (χ0v) is 21.1. The van der Waals surface area contributed by atoms with E-state index in [9.17, 15) is 9.18 Å². The quantitative estimate of drug-likeness (QED) is 0.287. The molecule has 5 aromatic rings. The smallest absolute Gasteiger partial charge is 0.247 e. The van der Waals surface area contributed by atoms with E-state index in [1.54, 1.807) is 16.6 Å². The lowest BCUT2D eigenvalue weighted by Crippen LogP contribution is -2.09. The molecule has 0 saturated heterocycles. The van der Waals surface area contributed by atoms with E-state index in [1.807, 2.05) is 62.8 Å². The fourth-order valence-corrected chi connectivity index (χ4v) is 4.23. The first kappa shape index (κ1) is 24.2. The normalized spacial score (nSPS) is 11.0. The third kappa shape index (κ3) is 5.67. The van der Waals surface area contributed by atoms with Crippen LogP contribution >= 0.6 is 0 Å². The van der Waals surface area contributed by atoms with Crippen molar-refractivity contribution in [2.45, 2.75) is 19.8 Å². The van der Waals surface area contributed by atoms with Crippen molar-refractivity contribution in [1.82, 2.24) is 14.6 Å². The molecule has 0 aliphatic carbocycles. The number of halogens is 1. The van der Waals surface area contributed by atoms with E-state index in [1.165, 1.54) is 12.1 Å². The molecule has 0 fully saturated rings. The van der Waals surface area contributed by atoms with Gasteiger partial charge in [0.05, 0.1) is 0 Å². The van der Waals surface area contributed by atoms with Gasteiger partial charge in [0.25, 0.3) is 0 Å². The van der Waals surface area contributed by atoms with Crippen LogP contribution in [-0.4, -0.2) is 34.5 Å². The number of Topliss-reactive ketones (excluding diaryl/α,β-unsaturated/α-hetero) is 1. The number of rotatable bonds is 8. The van der Waals surface area contributed by atoms with Gasteiger partial charge in [0, 0.05) is 50.1 Å². The minimum atomic E-state index is -0.298. The van der Waals surface area contributed by atoms with Crippen LogP contribution in [-0.2, 0) is 17.6 Å². The van der Waals surface area contributed by atoms with Gasteiger partial charge in [-0.25, -0.2) is 8.91 Å². The zero-order chi connectivity index (χ0) is 25.9. The number of benzene rings is 3. The fraction of sp³-hybridized carbons (Fsp3) is 0.167.